The average Bonchev–Trinajstić information content (AvgIpc) is 2.98. The zero-order valence-electron chi connectivity index (χ0n) is 16.8. The number of aryl methyl sites for hydroxylation is 2. The molecule has 2 aromatic heterocycles. The molecular formula is C21H21F3N4O2. The summed E-state index contributed by atoms with van der Waals surface area (Å²) in [6.07, 6.45) is -4.15. The second kappa shape index (κ2) is 8.17. The van der Waals surface area contributed by atoms with E-state index in [0.717, 1.165) is 6.07 Å². The maximum atomic E-state index is 13.6. The van der Waals surface area contributed by atoms with Gasteiger partial charge in [0.15, 0.2) is 11.8 Å². The number of carbonyl (C=O) groups excluding carboxylic acids is 1. The van der Waals surface area contributed by atoms with Crippen LogP contribution in [0.15, 0.2) is 49.1 Å². The van der Waals surface area contributed by atoms with Gasteiger partial charge in [0.25, 0.3) is 5.91 Å². The number of halogens is 3. The van der Waals surface area contributed by atoms with Crippen LogP contribution in [0, 0.1) is 6.92 Å². The van der Waals surface area contributed by atoms with Gasteiger partial charge in [-0.1, -0.05) is 24.3 Å². The van der Waals surface area contributed by atoms with E-state index in [9.17, 15) is 18.0 Å². The topological polar surface area (TPSA) is 60.3 Å². The van der Waals surface area contributed by atoms with Crippen LogP contribution in [-0.4, -0.2) is 33.3 Å². The molecule has 0 spiro atoms. The van der Waals surface area contributed by atoms with Gasteiger partial charge in [-0.3, -0.25) is 9.48 Å². The molecule has 0 radical (unpaired) electrons. The van der Waals surface area contributed by atoms with E-state index < -0.39 is 23.8 Å². The number of para-hydroxylation sites is 1. The maximum Gasteiger partial charge on any atom is 0.417 e. The normalized spacial score (nSPS) is 12.6. The van der Waals surface area contributed by atoms with Gasteiger partial charge in [-0.2, -0.15) is 23.3 Å². The van der Waals surface area contributed by atoms with Gasteiger partial charge in [-0.15, -0.1) is 6.58 Å². The molecule has 1 atom stereocenters. The minimum Gasteiger partial charge on any atom is -0.464 e. The Labute approximate surface area is 171 Å². The molecule has 30 heavy (non-hydrogen) atoms. The lowest BCUT2D eigenvalue weighted by molar-refractivity contribution is -0.136. The van der Waals surface area contributed by atoms with E-state index in [1.165, 1.54) is 30.5 Å². The number of anilines is 1. The van der Waals surface area contributed by atoms with Crippen molar-refractivity contribution in [2.24, 2.45) is 7.05 Å². The van der Waals surface area contributed by atoms with E-state index in [4.69, 9.17) is 4.74 Å². The number of ether oxygens (including phenoxy) is 1. The van der Waals surface area contributed by atoms with Crippen molar-refractivity contribution in [1.82, 2.24) is 14.8 Å². The molecule has 3 rings (SSSR count). The number of aromatic nitrogens is 3. The summed E-state index contributed by atoms with van der Waals surface area (Å²) in [6.45, 7) is 6.83. The smallest absolute Gasteiger partial charge is 0.417 e. The Balaban J connectivity index is 1.96. The maximum absolute atomic E-state index is 13.6. The Kier molecular flexibility index (Phi) is 5.82. The van der Waals surface area contributed by atoms with E-state index in [2.05, 4.69) is 16.7 Å². The molecule has 158 valence electrons. The number of hydrogen-bond acceptors (Lipinski definition) is 4. The third-order valence-electron chi connectivity index (χ3n) is 4.54. The van der Waals surface area contributed by atoms with Crippen LogP contribution < -0.4 is 9.64 Å². The molecule has 0 bridgehead atoms. The summed E-state index contributed by atoms with van der Waals surface area (Å²) in [4.78, 5) is 18.5. The Morgan fingerprint density at radius 3 is 2.60 bits per heavy atom. The third-order valence-corrected chi connectivity index (χ3v) is 4.54. The largest absolute Gasteiger partial charge is 0.464 e. The molecule has 0 aliphatic heterocycles. The van der Waals surface area contributed by atoms with Crippen LogP contribution in [0.1, 0.15) is 18.2 Å². The van der Waals surface area contributed by atoms with Crippen LogP contribution in [0.3, 0.4) is 0 Å². The van der Waals surface area contributed by atoms with Crippen molar-refractivity contribution in [2.45, 2.75) is 26.1 Å². The molecule has 0 aliphatic carbocycles. The number of benzene rings is 1. The predicted molar refractivity (Wildman–Crippen MR) is 107 cm³/mol. The van der Waals surface area contributed by atoms with Crippen LogP contribution in [-0.2, 0) is 18.0 Å². The molecule has 0 fully saturated rings. The second-order valence-electron chi connectivity index (χ2n) is 6.75. The SMILES string of the molecule is C=CCN(C(=O)C(C)Oc1cc(C(F)(F)F)c2c(C)nn(C)c2n1)c1ccccc1. The summed E-state index contributed by atoms with van der Waals surface area (Å²) in [7, 11) is 1.50. The Morgan fingerprint density at radius 1 is 1.33 bits per heavy atom. The fourth-order valence-electron chi connectivity index (χ4n) is 3.22. The lowest BCUT2D eigenvalue weighted by Crippen LogP contribution is -2.41. The van der Waals surface area contributed by atoms with Crippen molar-refractivity contribution in [1.29, 1.82) is 0 Å². The fraction of sp³-hybridized carbons (Fsp3) is 0.286. The van der Waals surface area contributed by atoms with Gasteiger partial charge in [0.05, 0.1) is 16.6 Å². The standard InChI is InChI=1S/C21H21F3N4O2/c1-5-11-28(15-9-7-6-8-10-15)20(29)14(3)30-17-12-16(21(22,23)24)18-13(2)26-27(4)19(18)25-17/h5-10,12,14H,1,11H2,2-4H3. The molecule has 0 saturated carbocycles. The summed E-state index contributed by atoms with van der Waals surface area (Å²) in [6, 6.07) is 9.67. The van der Waals surface area contributed by atoms with Crippen LogP contribution in [0.4, 0.5) is 18.9 Å². The monoisotopic (exact) mass is 418 g/mol. The van der Waals surface area contributed by atoms with Crippen LogP contribution >= 0.6 is 0 Å². The lowest BCUT2D eigenvalue weighted by atomic mass is 10.1. The van der Waals surface area contributed by atoms with Crippen LogP contribution in [0.25, 0.3) is 11.0 Å². The number of fused-ring (bicyclic) bond motifs is 1. The van der Waals surface area contributed by atoms with Gasteiger partial charge in [-0.05, 0) is 26.0 Å². The Morgan fingerprint density at radius 2 is 2.00 bits per heavy atom. The zero-order chi connectivity index (χ0) is 22.1. The van der Waals surface area contributed by atoms with Gasteiger partial charge >= 0.3 is 6.18 Å². The quantitative estimate of drug-likeness (QED) is 0.561. The highest BCUT2D eigenvalue weighted by Crippen LogP contribution is 2.37. The van der Waals surface area contributed by atoms with Crippen LogP contribution in [0.5, 0.6) is 5.88 Å². The first-order chi connectivity index (χ1) is 14.1. The zero-order valence-corrected chi connectivity index (χ0v) is 16.8. The molecule has 0 aliphatic rings. The van der Waals surface area contributed by atoms with Crippen LogP contribution in [0.2, 0.25) is 0 Å². The van der Waals surface area contributed by atoms with E-state index in [0.29, 0.717) is 5.69 Å². The predicted octanol–water partition coefficient (Wildman–Crippen LogP) is 4.28. The van der Waals surface area contributed by atoms with Crippen molar-refractivity contribution in [3.05, 3.63) is 60.3 Å². The summed E-state index contributed by atoms with van der Waals surface area (Å²) in [5, 5.41) is 3.94. The van der Waals surface area contributed by atoms with Gasteiger partial charge in [0.2, 0.25) is 5.88 Å². The summed E-state index contributed by atoms with van der Waals surface area (Å²) < 4.78 is 47.7. The summed E-state index contributed by atoms with van der Waals surface area (Å²) >= 11 is 0. The average molecular weight is 418 g/mol. The summed E-state index contributed by atoms with van der Waals surface area (Å²) in [5.41, 5.74) is -0.0366. The number of nitrogens with zero attached hydrogens (tertiary/aromatic N) is 4. The Bertz CT molecular complexity index is 1080. The van der Waals surface area contributed by atoms with E-state index in [1.54, 1.807) is 30.3 Å². The first-order valence-corrected chi connectivity index (χ1v) is 9.19. The van der Waals surface area contributed by atoms with Crippen molar-refractivity contribution in [3.8, 4) is 5.88 Å². The molecule has 1 amide bonds. The molecule has 0 saturated heterocycles. The first-order valence-electron chi connectivity index (χ1n) is 9.19. The number of hydrogen-bond donors (Lipinski definition) is 0. The molecule has 9 heteroatoms. The van der Waals surface area contributed by atoms with Crippen molar-refractivity contribution >= 4 is 22.6 Å². The van der Waals surface area contributed by atoms with Crippen molar-refractivity contribution in [2.75, 3.05) is 11.4 Å². The molecule has 3 aromatic rings. The lowest BCUT2D eigenvalue weighted by Gasteiger charge is -2.25. The van der Waals surface area contributed by atoms with E-state index in [-0.39, 0.29) is 29.2 Å². The molecule has 0 N–H and O–H groups in total. The Hall–Kier alpha value is -3.36. The number of amides is 1. The van der Waals surface area contributed by atoms with Crippen molar-refractivity contribution < 1.29 is 22.7 Å². The van der Waals surface area contributed by atoms with Crippen molar-refractivity contribution in [3.63, 3.8) is 0 Å². The van der Waals surface area contributed by atoms with Gasteiger partial charge < -0.3 is 9.64 Å². The molecule has 1 aromatic carbocycles. The number of carbonyl (C=O) groups is 1. The summed E-state index contributed by atoms with van der Waals surface area (Å²) in [5.74, 6) is -0.733. The third kappa shape index (κ3) is 4.14. The molecular weight excluding hydrogens is 397 g/mol. The highest BCUT2D eigenvalue weighted by molar-refractivity contribution is 5.96. The minimum absolute atomic E-state index is 0.0305. The number of rotatable bonds is 6. The highest BCUT2D eigenvalue weighted by atomic mass is 19.4. The minimum atomic E-state index is -4.63. The second-order valence-corrected chi connectivity index (χ2v) is 6.75. The molecule has 2 heterocycles. The van der Waals surface area contributed by atoms with E-state index >= 15 is 0 Å². The number of pyridine rings is 1. The molecule has 1 unspecified atom stereocenters. The number of alkyl halides is 3. The van der Waals surface area contributed by atoms with Gasteiger partial charge in [-0.25, -0.2) is 0 Å². The van der Waals surface area contributed by atoms with E-state index in [1.807, 2.05) is 6.07 Å². The first kappa shape index (κ1) is 21.4. The fourth-order valence-corrected chi connectivity index (χ4v) is 3.22. The van der Waals surface area contributed by atoms with Gasteiger partial charge in [0.1, 0.15) is 0 Å². The highest BCUT2D eigenvalue weighted by Gasteiger charge is 2.36. The van der Waals surface area contributed by atoms with Gasteiger partial charge in [0, 0.05) is 25.3 Å². The molecule has 6 nitrogen and oxygen atoms in total.